The molecule has 0 aromatic heterocycles. The van der Waals surface area contributed by atoms with E-state index >= 15 is 0 Å². The summed E-state index contributed by atoms with van der Waals surface area (Å²) in [5.74, 6) is 0.827. The van der Waals surface area contributed by atoms with Crippen molar-refractivity contribution in [3.63, 3.8) is 0 Å². The molecule has 3 heteroatoms. The summed E-state index contributed by atoms with van der Waals surface area (Å²) < 4.78 is 0. The fraction of sp³-hybridized carbons (Fsp3) is 0.286. The third kappa shape index (κ3) is 1.89. The van der Waals surface area contributed by atoms with Crippen molar-refractivity contribution in [2.45, 2.75) is 0 Å². The summed E-state index contributed by atoms with van der Waals surface area (Å²) in [4.78, 5) is 1.29. The number of hydrogen-bond acceptors (Lipinski definition) is 2. The number of alkyl halides is 1. The Morgan fingerprint density at radius 2 is 2.50 bits per heavy atom. The van der Waals surface area contributed by atoms with E-state index in [-0.39, 0.29) is 0 Å². The van der Waals surface area contributed by atoms with Crippen molar-refractivity contribution in [3.05, 3.63) is 22.6 Å². The second kappa shape index (κ2) is 3.85. The maximum atomic E-state index is 8.48. The first kappa shape index (κ1) is 7.90. The zero-order valence-electron chi connectivity index (χ0n) is 5.30. The van der Waals surface area contributed by atoms with Crippen LogP contribution in [0.1, 0.15) is 0 Å². The van der Waals surface area contributed by atoms with Gasteiger partial charge in [-0.25, -0.2) is 0 Å². The molecule has 1 heterocycles. The second-order valence-electron chi connectivity index (χ2n) is 1.86. The summed E-state index contributed by atoms with van der Waals surface area (Å²) in [6.45, 7) is 0. The van der Waals surface area contributed by atoms with Gasteiger partial charge in [-0.2, -0.15) is 5.26 Å². The number of allylic oxidation sites excluding steroid dienone is 3. The Bertz CT molecular complexity index is 224. The Hall–Kier alpha value is -0.200. The van der Waals surface area contributed by atoms with Crippen LogP contribution in [0.5, 0.6) is 0 Å². The number of rotatable bonds is 1. The zero-order chi connectivity index (χ0) is 7.40. The topological polar surface area (TPSA) is 23.8 Å². The lowest BCUT2D eigenvalue weighted by Crippen LogP contribution is -1.91. The molecule has 10 heavy (non-hydrogen) atoms. The minimum absolute atomic E-state index is 0.827. The molecule has 1 aliphatic rings. The van der Waals surface area contributed by atoms with Gasteiger partial charge >= 0.3 is 0 Å². The van der Waals surface area contributed by atoms with Gasteiger partial charge in [-0.15, -0.1) is 11.8 Å². The summed E-state index contributed by atoms with van der Waals surface area (Å²) in [5, 5.41) is 9.37. The zero-order valence-corrected chi connectivity index (χ0v) is 7.70. The van der Waals surface area contributed by atoms with Gasteiger partial charge in [0.1, 0.15) is 0 Å². The highest BCUT2D eigenvalue weighted by Gasteiger charge is 2.03. The monoisotopic (exact) mass is 215 g/mol. The van der Waals surface area contributed by atoms with E-state index in [0.717, 1.165) is 16.7 Å². The quantitative estimate of drug-likeness (QED) is 0.628. The molecule has 0 spiro atoms. The van der Waals surface area contributed by atoms with Crippen LogP contribution in [0.25, 0.3) is 0 Å². The molecule has 0 saturated carbocycles. The molecule has 1 nitrogen and oxygen atoms in total. The Morgan fingerprint density at radius 3 is 2.90 bits per heavy atom. The van der Waals surface area contributed by atoms with Crippen LogP contribution < -0.4 is 0 Å². The maximum absolute atomic E-state index is 8.48. The molecule has 0 amide bonds. The summed E-state index contributed by atoms with van der Waals surface area (Å²) in [6.07, 6.45) is 3.87. The Balaban J connectivity index is 2.67. The van der Waals surface area contributed by atoms with Crippen LogP contribution in [-0.4, -0.2) is 11.1 Å². The molecule has 52 valence electrons. The molecule has 0 radical (unpaired) electrons. The van der Waals surface area contributed by atoms with E-state index in [1.807, 2.05) is 12.2 Å². The van der Waals surface area contributed by atoms with Gasteiger partial charge in [-0.05, 0) is 11.0 Å². The molecule has 0 atom stereocenters. The second-order valence-corrected chi connectivity index (χ2v) is 3.52. The lowest BCUT2D eigenvalue weighted by Gasteiger charge is -2.05. The first-order valence-electron chi connectivity index (χ1n) is 2.85. The minimum atomic E-state index is 0.827. The third-order valence-electron chi connectivity index (χ3n) is 1.16. The molecule has 0 saturated heterocycles. The predicted octanol–water partition coefficient (Wildman–Crippen LogP) is 2.46. The van der Waals surface area contributed by atoms with Gasteiger partial charge in [0, 0.05) is 16.7 Å². The van der Waals surface area contributed by atoms with Crippen LogP contribution in [0, 0.1) is 11.3 Å². The van der Waals surface area contributed by atoms with Crippen molar-refractivity contribution in [2.24, 2.45) is 0 Å². The molecule has 0 aromatic carbocycles. The molecular formula is C7H6BrNS. The van der Waals surface area contributed by atoms with E-state index in [0.29, 0.717) is 0 Å². The van der Waals surface area contributed by atoms with Gasteiger partial charge < -0.3 is 0 Å². The summed E-state index contributed by atoms with van der Waals surface area (Å²) >= 11 is 5.07. The highest BCUT2D eigenvalue weighted by Crippen LogP contribution is 2.24. The minimum Gasteiger partial charge on any atom is -0.193 e. The van der Waals surface area contributed by atoms with Gasteiger partial charge in [0.15, 0.2) is 0 Å². The van der Waals surface area contributed by atoms with E-state index in [2.05, 4.69) is 22.0 Å². The van der Waals surface area contributed by atoms with Crippen molar-refractivity contribution in [3.8, 4) is 6.07 Å². The number of hydrogen-bond donors (Lipinski definition) is 0. The lowest BCUT2D eigenvalue weighted by atomic mass is 10.3. The molecule has 0 bridgehead atoms. The van der Waals surface area contributed by atoms with E-state index in [1.165, 1.54) is 4.91 Å². The van der Waals surface area contributed by atoms with Crippen LogP contribution in [-0.2, 0) is 0 Å². The predicted molar refractivity (Wildman–Crippen MR) is 48.0 cm³/mol. The van der Waals surface area contributed by atoms with Gasteiger partial charge in [-0.3, -0.25) is 0 Å². The highest BCUT2D eigenvalue weighted by atomic mass is 79.9. The SMILES string of the molecule is N#CC1=CC=C(CBr)SC1. The van der Waals surface area contributed by atoms with Crippen LogP contribution in [0.2, 0.25) is 0 Å². The smallest absolute Gasteiger partial charge is 0.0956 e. The number of nitrogens with zero attached hydrogens (tertiary/aromatic N) is 1. The number of halogens is 1. The maximum Gasteiger partial charge on any atom is 0.0956 e. The molecule has 1 rings (SSSR count). The summed E-state index contributed by atoms with van der Waals surface area (Å²) in [5.41, 5.74) is 0.856. The van der Waals surface area contributed by atoms with Crippen molar-refractivity contribution in [1.29, 1.82) is 5.26 Å². The standard InChI is InChI=1S/C7H6BrNS/c8-3-7-2-1-6(4-9)5-10-7/h1-2H,3,5H2. The first-order chi connectivity index (χ1) is 4.86. The number of thioether (sulfide) groups is 1. The van der Waals surface area contributed by atoms with E-state index in [9.17, 15) is 0 Å². The molecular weight excluding hydrogens is 210 g/mol. The molecule has 0 N–H and O–H groups in total. The van der Waals surface area contributed by atoms with Crippen molar-refractivity contribution in [1.82, 2.24) is 0 Å². The van der Waals surface area contributed by atoms with E-state index in [4.69, 9.17) is 5.26 Å². The van der Waals surface area contributed by atoms with Crippen LogP contribution in [0.4, 0.5) is 0 Å². The van der Waals surface area contributed by atoms with Crippen molar-refractivity contribution in [2.75, 3.05) is 11.1 Å². The molecule has 0 aliphatic carbocycles. The van der Waals surface area contributed by atoms with Crippen LogP contribution in [0.15, 0.2) is 22.6 Å². The number of nitriles is 1. The van der Waals surface area contributed by atoms with Gasteiger partial charge in [0.05, 0.1) is 6.07 Å². The average molecular weight is 216 g/mol. The van der Waals surface area contributed by atoms with Crippen LogP contribution in [0.3, 0.4) is 0 Å². The normalized spacial score (nSPS) is 17.2. The Morgan fingerprint density at radius 1 is 1.70 bits per heavy atom. The Labute approximate surface area is 72.9 Å². The van der Waals surface area contributed by atoms with Gasteiger partial charge in [0.2, 0.25) is 0 Å². The Kier molecular flexibility index (Phi) is 3.04. The molecule has 1 aliphatic heterocycles. The van der Waals surface area contributed by atoms with Crippen LogP contribution >= 0.6 is 27.7 Å². The largest absolute Gasteiger partial charge is 0.193 e. The first-order valence-corrected chi connectivity index (χ1v) is 4.96. The molecule has 0 fully saturated rings. The fourth-order valence-corrected chi connectivity index (χ4v) is 2.03. The van der Waals surface area contributed by atoms with E-state index in [1.54, 1.807) is 11.8 Å². The summed E-state index contributed by atoms with van der Waals surface area (Å²) in [7, 11) is 0. The van der Waals surface area contributed by atoms with Gasteiger partial charge in [-0.1, -0.05) is 22.0 Å². The molecule has 0 aromatic rings. The lowest BCUT2D eigenvalue weighted by molar-refractivity contribution is 1.44. The fourth-order valence-electron chi connectivity index (χ4n) is 0.613. The third-order valence-corrected chi connectivity index (χ3v) is 3.24. The molecule has 0 unspecified atom stereocenters. The summed E-state index contributed by atoms with van der Waals surface area (Å²) in [6, 6.07) is 2.13. The van der Waals surface area contributed by atoms with E-state index < -0.39 is 0 Å². The van der Waals surface area contributed by atoms with Crippen molar-refractivity contribution >= 4 is 27.7 Å². The van der Waals surface area contributed by atoms with Gasteiger partial charge in [0.25, 0.3) is 0 Å². The average Bonchev–Trinajstić information content (AvgIpc) is 2.05. The van der Waals surface area contributed by atoms with Crippen molar-refractivity contribution < 1.29 is 0 Å². The highest BCUT2D eigenvalue weighted by molar-refractivity contribution is 9.09.